The van der Waals surface area contributed by atoms with Crippen LogP contribution >= 0.6 is 15.9 Å². The average Bonchev–Trinajstić information content (AvgIpc) is 2.25. The molecule has 1 unspecified atom stereocenters. The summed E-state index contributed by atoms with van der Waals surface area (Å²) in [4.78, 5) is 10.6. The summed E-state index contributed by atoms with van der Waals surface area (Å²) in [5, 5.41) is 8.71. The maximum atomic E-state index is 12.0. The van der Waals surface area contributed by atoms with Crippen LogP contribution in [0.3, 0.4) is 0 Å². The molecule has 0 saturated carbocycles. The molecule has 0 aliphatic carbocycles. The fourth-order valence-electron chi connectivity index (χ4n) is 1.32. The van der Waals surface area contributed by atoms with E-state index in [2.05, 4.69) is 15.9 Å². The molecule has 1 rings (SSSR count). The van der Waals surface area contributed by atoms with E-state index in [1.807, 2.05) is 0 Å². The van der Waals surface area contributed by atoms with Crippen molar-refractivity contribution in [1.29, 1.82) is 0 Å². The van der Waals surface area contributed by atoms with E-state index in [0.29, 0.717) is 5.75 Å². The maximum absolute atomic E-state index is 12.0. The van der Waals surface area contributed by atoms with Crippen molar-refractivity contribution in [2.45, 2.75) is 12.5 Å². The number of hydrogen-bond donors (Lipinski definition) is 2. The molecule has 4 nitrogen and oxygen atoms in total. The number of halogens is 2. The topological polar surface area (TPSA) is 72.5 Å². The minimum atomic E-state index is -1.06. The van der Waals surface area contributed by atoms with Gasteiger partial charge in [0.2, 0.25) is 0 Å². The lowest BCUT2D eigenvalue weighted by atomic mass is 10.1. The SMILES string of the molecule is NC(Cc1cc(Br)cc(OCCF)c1)C(=O)O. The Morgan fingerprint density at radius 3 is 2.82 bits per heavy atom. The Hall–Kier alpha value is -1.14. The van der Waals surface area contributed by atoms with Gasteiger partial charge in [0.05, 0.1) is 0 Å². The lowest BCUT2D eigenvalue weighted by molar-refractivity contribution is -0.138. The summed E-state index contributed by atoms with van der Waals surface area (Å²) in [5.74, 6) is -0.569. The summed E-state index contributed by atoms with van der Waals surface area (Å²) >= 11 is 3.27. The van der Waals surface area contributed by atoms with Gasteiger partial charge in [0.1, 0.15) is 25.1 Å². The number of carbonyl (C=O) groups is 1. The first-order chi connectivity index (χ1) is 8.02. The molecule has 6 heteroatoms. The van der Waals surface area contributed by atoms with E-state index in [1.165, 1.54) is 0 Å². The number of nitrogens with two attached hydrogens (primary N) is 1. The highest BCUT2D eigenvalue weighted by Gasteiger charge is 2.13. The number of hydrogen-bond acceptors (Lipinski definition) is 3. The highest BCUT2D eigenvalue weighted by atomic mass is 79.9. The second-order valence-electron chi connectivity index (χ2n) is 3.48. The van der Waals surface area contributed by atoms with Crippen molar-refractivity contribution >= 4 is 21.9 Å². The van der Waals surface area contributed by atoms with Crippen molar-refractivity contribution in [3.05, 3.63) is 28.2 Å². The first-order valence-corrected chi connectivity index (χ1v) is 5.79. The van der Waals surface area contributed by atoms with Crippen LogP contribution in [0.2, 0.25) is 0 Å². The van der Waals surface area contributed by atoms with Gasteiger partial charge in [-0.25, -0.2) is 4.39 Å². The zero-order chi connectivity index (χ0) is 12.8. The third-order valence-electron chi connectivity index (χ3n) is 2.05. The van der Waals surface area contributed by atoms with Gasteiger partial charge in [-0.1, -0.05) is 15.9 Å². The molecule has 0 aliphatic heterocycles. The number of alkyl halides is 1. The molecule has 0 fully saturated rings. The van der Waals surface area contributed by atoms with Crippen LogP contribution in [0.5, 0.6) is 5.75 Å². The van der Waals surface area contributed by atoms with E-state index in [9.17, 15) is 9.18 Å². The second-order valence-corrected chi connectivity index (χ2v) is 4.40. The van der Waals surface area contributed by atoms with E-state index in [1.54, 1.807) is 18.2 Å². The fraction of sp³-hybridized carbons (Fsp3) is 0.364. The molecule has 0 bridgehead atoms. The minimum absolute atomic E-state index is 0.0269. The van der Waals surface area contributed by atoms with Gasteiger partial charge >= 0.3 is 5.97 Å². The van der Waals surface area contributed by atoms with E-state index < -0.39 is 18.7 Å². The third kappa shape index (κ3) is 4.70. The second kappa shape index (κ2) is 6.56. The van der Waals surface area contributed by atoms with Crippen LogP contribution in [-0.2, 0) is 11.2 Å². The standard InChI is InChI=1S/C11H13BrFNO3/c12-8-3-7(5-10(14)11(15)16)4-9(6-8)17-2-1-13/h3-4,6,10H,1-2,5,14H2,(H,15,16). The summed E-state index contributed by atoms with van der Waals surface area (Å²) in [6.07, 6.45) is 0.195. The smallest absolute Gasteiger partial charge is 0.320 e. The normalized spacial score (nSPS) is 12.2. The number of benzene rings is 1. The monoisotopic (exact) mass is 305 g/mol. The summed E-state index contributed by atoms with van der Waals surface area (Å²) in [6.45, 7) is -0.600. The predicted molar refractivity (Wildman–Crippen MR) is 64.9 cm³/mol. The molecule has 0 saturated heterocycles. The molecule has 3 N–H and O–H groups in total. The Balaban J connectivity index is 2.78. The van der Waals surface area contributed by atoms with Gasteiger partial charge in [0, 0.05) is 4.47 Å². The number of carboxylic acid groups (broad SMARTS) is 1. The van der Waals surface area contributed by atoms with Crippen LogP contribution in [0.25, 0.3) is 0 Å². The number of ether oxygens (including phenoxy) is 1. The molecule has 0 radical (unpaired) electrons. The maximum Gasteiger partial charge on any atom is 0.320 e. The van der Waals surface area contributed by atoms with Crippen LogP contribution < -0.4 is 10.5 Å². The van der Waals surface area contributed by atoms with Gasteiger partial charge in [-0.3, -0.25) is 4.79 Å². The molecule has 1 aromatic carbocycles. The Morgan fingerprint density at radius 1 is 1.53 bits per heavy atom. The van der Waals surface area contributed by atoms with E-state index in [-0.39, 0.29) is 13.0 Å². The lowest BCUT2D eigenvalue weighted by Gasteiger charge is -2.10. The largest absolute Gasteiger partial charge is 0.491 e. The van der Waals surface area contributed by atoms with Crippen LogP contribution in [0, 0.1) is 0 Å². The Kier molecular flexibility index (Phi) is 5.37. The highest BCUT2D eigenvalue weighted by molar-refractivity contribution is 9.10. The Labute approximate surface area is 107 Å². The Bertz CT molecular complexity index is 400. The molecular formula is C11H13BrFNO3. The van der Waals surface area contributed by atoms with Gasteiger partial charge in [-0.05, 0) is 30.2 Å². The average molecular weight is 306 g/mol. The quantitative estimate of drug-likeness (QED) is 0.840. The predicted octanol–water partition coefficient (Wildman–Crippen LogP) is 1.75. The minimum Gasteiger partial charge on any atom is -0.491 e. The van der Waals surface area contributed by atoms with Crippen molar-refractivity contribution in [1.82, 2.24) is 0 Å². The highest BCUT2D eigenvalue weighted by Crippen LogP contribution is 2.22. The van der Waals surface area contributed by atoms with Gasteiger partial charge in [0.25, 0.3) is 0 Å². The van der Waals surface area contributed by atoms with E-state index >= 15 is 0 Å². The van der Waals surface area contributed by atoms with Crippen LogP contribution in [0.4, 0.5) is 4.39 Å². The summed E-state index contributed by atoms with van der Waals surface area (Å²) in [6, 6.07) is 4.14. The molecule has 17 heavy (non-hydrogen) atoms. The number of rotatable bonds is 6. The molecule has 94 valence electrons. The number of aliphatic carboxylic acids is 1. The Morgan fingerprint density at radius 2 is 2.24 bits per heavy atom. The third-order valence-corrected chi connectivity index (χ3v) is 2.51. The summed E-state index contributed by atoms with van der Waals surface area (Å²) in [5.41, 5.74) is 6.16. The van der Waals surface area contributed by atoms with Gasteiger partial charge in [-0.15, -0.1) is 0 Å². The van der Waals surface area contributed by atoms with Crippen LogP contribution in [0.1, 0.15) is 5.56 Å². The van der Waals surface area contributed by atoms with Crippen molar-refractivity contribution in [3.8, 4) is 5.75 Å². The first kappa shape index (κ1) is 13.9. The lowest BCUT2D eigenvalue weighted by Crippen LogP contribution is -2.32. The van der Waals surface area contributed by atoms with Gasteiger partial charge in [-0.2, -0.15) is 0 Å². The summed E-state index contributed by atoms with van der Waals surface area (Å²) in [7, 11) is 0. The van der Waals surface area contributed by atoms with E-state index in [0.717, 1.165) is 10.0 Å². The molecule has 1 aromatic rings. The molecular weight excluding hydrogens is 293 g/mol. The molecule has 0 amide bonds. The van der Waals surface area contributed by atoms with E-state index in [4.69, 9.17) is 15.6 Å². The first-order valence-electron chi connectivity index (χ1n) is 4.99. The van der Waals surface area contributed by atoms with Gasteiger partial charge < -0.3 is 15.6 Å². The zero-order valence-electron chi connectivity index (χ0n) is 9.03. The molecule has 0 aliphatic rings. The number of carboxylic acids is 1. The molecule has 0 heterocycles. The van der Waals surface area contributed by atoms with Crippen molar-refractivity contribution in [2.24, 2.45) is 5.73 Å². The van der Waals surface area contributed by atoms with Crippen LogP contribution in [-0.4, -0.2) is 30.4 Å². The van der Waals surface area contributed by atoms with Crippen molar-refractivity contribution < 1.29 is 19.0 Å². The fourth-order valence-corrected chi connectivity index (χ4v) is 1.84. The van der Waals surface area contributed by atoms with Crippen molar-refractivity contribution in [2.75, 3.05) is 13.3 Å². The zero-order valence-corrected chi connectivity index (χ0v) is 10.6. The molecule has 1 atom stereocenters. The van der Waals surface area contributed by atoms with Gasteiger partial charge in [0.15, 0.2) is 0 Å². The summed E-state index contributed by atoms with van der Waals surface area (Å²) < 4.78 is 17.8. The molecule has 0 spiro atoms. The van der Waals surface area contributed by atoms with Crippen molar-refractivity contribution in [3.63, 3.8) is 0 Å². The molecule has 0 aromatic heterocycles. The van der Waals surface area contributed by atoms with Crippen LogP contribution in [0.15, 0.2) is 22.7 Å².